The van der Waals surface area contributed by atoms with Gasteiger partial charge in [-0.3, -0.25) is 4.79 Å². The Morgan fingerprint density at radius 1 is 1.44 bits per heavy atom. The highest BCUT2D eigenvalue weighted by Gasteiger charge is 2.38. The molecule has 1 N–H and O–H groups in total. The van der Waals surface area contributed by atoms with Gasteiger partial charge in [0.1, 0.15) is 0 Å². The Hall–Kier alpha value is -1.44. The van der Waals surface area contributed by atoms with Gasteiger partial charge in [-0.2, -0.15) is 13.2 Å². The van der Waals surface area contributed by atoms with Crippen LogP contribution in [0, 0.1) is 0 Å². The number of hydrogen-bond acceptors (Lipinski definition) is 2. The number of pyridine rings is 1. The highest BCUT2D eigenvalue weighted by Crippen LogP contribution is 2.37. The lowest BCUT2D eigenvalue weighted by Gasteiger charge is -2.13. The molecule has 3 nitrogen and oxygen atoms in total. The highest BCUT2D eigenvalue weighted by molar-refractivity contribution is 6.31. The predicted octanol–water partition coefficient (Wildman–Crippen LogP) is 3.32. The minimum absolute atomic E-state index is 0.389. The van der Waals surface area contributed by atoms with Gasteiger partial charge < -0.3 is 5.11 Å². The van der Waals surface area contributed by atoms with E-state index in [0.717, 1.165) is 0 Å². The maximum Gasteiger partial charge on any atom is 0.433 e. The first-order chi connectivity index (χ1) is 8.12. The minimum Gasteiger partial charge on any atom is -0.481 e. The first-order valence-corrected chi connectivity index (χ1v) is 4.77. The normalized spacial score (nSPS) is 11.9. The first-order valence-electron chi connectivity index (χ1n) is 4.39. The number of aromatic nitrogens is 1. The van der Waals surface area contributed by atoms with Crippen molar-refractivity contribution < 1.29 is 31.9 Å². The van der Waals surface area contributed by atoms with Crippen molar-refractivity contribution in [1.29, 1.82) is 0 Å². The molecule has 0 saturated heterocycles. The predicted molar refractivity (Wildman–Crippen MR) is 50.5 cm³/mol. The van der Waals surface area contributed by atoms with E-state index in [2.05, 4.69) is 4.98 Å². The average Bonchev–Trinajstić information content (AvgIpc) is 2.17. The summed E-state index contributed by atoms with van der Waals surface area (Å²) in [6.07, 6.45) is -9.40. The van der Waals surface area contributed by atoms with Gasteiger partial charge >= 0.3 is 12.1 Å². The smallest absolute Gasteiger partial charge is 0.433 e. The van der Waals surface area contributed by atoms with Gasteiger partial charge in [0, 0.05) is 0 Å². The molecule has 100 valence electrons. The fourth-order valence-electron chi connectivity index (χ4n) is 1.20. The second-order valence-electron chi connectivity index (χ2n) is 3.22. The molecule has 0 aliphatic carbocycles. The Morgan fingerprint density at radius 3 is 2.39 bits per heavy atom. The van der Waals surface area contributed by atoms with Gasteiger partial charge in [0.05, 0.1) is 22.7 Å². The Bertz CT molecular complexity index is 475. The van der Waals surface area contributed by atoms with Crippen LogP contribution in [0.1, 0.15) is 23.4 Å². The van der Waals surface area contributed by atoms with Crippen molar-refractivity contribution in [2.75, 3.05) is 0 Å². The van der Waals surface area contributed by atoms with Gasteiger partial charge in [0.15, 0.2) is 5.69 Å². The van der Waals surface area contributed by atoms with Crippen molar-refractivity contribution in [3.63, 3.8) is 0 Å². The number of carbonyl (C=O) groups is 1. The fraction of sp³-hybridized carbons (Fsp3) is 0.333. The molecule has 18 heavy (non-hydrogen) atoms. The van der Waals surface area contributed by atoms with Crippen molar-refractivity contribution >= 4 is 17.6 Å². The average molecular weight is 290 g/mol. The van der Waals surface area contributed by atoms with Crippen LogP contribution in [-0.4, -0.2) is 16.1 Å². The van der Waals surface area contributed by atoms with Crippen LogP contribution in [-0.2, 0) is 17.4 Å². The topological polar surface area (TPSA) is 50.2 Å². The summed E-state index contributed by atoms with van der Waals surface area (Å²) in [6, 6.07) is 0.389. The molecule has 0 bridgehead atoms. The third kappa shape index (κ3) is 3.28. The summed E-state index contributed by atoms with van der Waals surface area (Å²) in [7, 11) is 0. The molecule has 0 spiro atoms. The molecule has 0 unspecified atom stereocenters. The number of alkyl halides is 5. The van der Waals surface area contributed by atoms with E-state index in [1.807, 2.05) is 0 Å². The SMILES string of the molecule is O=C(O)Cc1nc(C(F)(F)F)c(C(F)F)cc1Cl. The number of nitrogens with zero attached hydrogens (tertiary/aromatic N) is 1. The van der Waals surface area contributed by atoms with Crippen LogP contribution in [0.5, 0.6) is 0 Å². The van der Waals surface area contributed by atoms with Crippen molar-refractivity contribution in [2.45, 2.75) is 19.0 Å². The number of halogens is 6. The molecule has 0 aliphatic heterocycles. The Balaban J connectivity index is 3.40. The zero-order valence-corrected chi connectivity index (χ0v) is 9.19. The van der Waals surface area contributed by atoms with Gasteiger partial charge in [-0.25, -0.2) is 13.8 Å². The largest absolute Gasteiger partial charge is 0.481 e. The molecule has 0 atom stereocenters. The summed E-state index contributed by atoms with van der Waals surface area (Å²) in [5, 5.41) is 7.89. The van der Waals surface area contributed by atoms with Crippen LogP contribution in [0.2, 0.25) is 5.02 Å². The van der Waals surface area contributed by atoms with E-state index < -0.39 is 47.0 Å². The van der Waals surface area contributed by atoms with E-state index in [4.69, 9.17) is 16.7 Å². The van der Waals surface area contributed by atoms with E-state index in [0.29, 0.717) is 6.07 Å². The van der Waals surface area contributed by atoms with Crippen LogP contribution >= 0.6 is 11.6 Å². The third-order valence-corrected chi connectivity index (χ3v) is 2.23. The van der Waals surface area contributed by atoms with Gasteiger partial charge in [-0.15, -0.1) is 0 Å². The zero-order chi connectivity index (χ0) is 14.1. The third-order valence-electron chi connectivity index (χ3n) is 1.90. The molecule has 0 aromatic carbocycles. The van der Waals surface area contributed by atoms with Crippen molar-refractivity contribution in [3.05, 3.63) is 28.0 Å². The molecule has 0 radical (unpaired) electrons. The van der Waals surface area contributed by atoms with Crippen LogP contribution in [0.4, 0.5) is 22.0 Å². The van der Waals surface area contributed by atoms with Crippen LogP contribution < -0.4 is 0 Å². The molecule has 1 rings (SSSR count). The number of carboxylic acid groups (broad SMARTS) is 1. The number of hydrogen-bond donors (Lipinski definition) is 1. The summed E-state index contributed by atoms with van der Waals surface area (Å²) >= 11 is 5.41. The minimum atomic E-state index is -5.11. The second kappa shape index (κ2) is 5.05. The molecule has 0 saturated carbocycles. The summed E-state index contributed by atoms with van der Waals surface area (Å²) in [4.78, 5) is 13.3. The van der Waals surface area contributed by atoms with Gasteiger partial charge in [-0.05, 0) is 6.07 Å². The quantitative estimate of drug-likeness (QED) is 0.869. The van der Waals surface area contributed by atoms with Crippen molar-refractivity contribution in [2.24, 2.45) is 0 Å². The van der Waals surface area contributed by atoms with E-state index in [1.165, 1.54) is 0 Å². The maximum absolute atomic E-state index is 12.5. The molecule has 0 aliphatic rings. The Labute approximate surface area is 102 Å². The Morgan fingerprint density at radius 2 is 2.00 bits per heavy atom. The summed E-state index contributed by atoms with van der Waals surface area (Å²) in [5.74, 6) is -1.47. The summed E-state index contributed by atoms with van der Waals surface area (Å²) in [6.45, 7) is 0. The zero-order valence-electron chi connectivity index (χ0n) is 8.43. The van der Waals surface area contributed by atoms with Crippen LogP contribution in [0.3, 0.4) is 0 Å². The van der Waals surface area contributed by atoms with Gasteiger partial charge in [0.2, 0.25) is 0 Å². The lowest BCUT2D eigenvalue weighted by atomic mass is 10.1. The lowest BCUT2D eigenvalue weighted by molar-refractivity contribution is -0.144. The van der Waals surface area contributed by atoms with E-state index in [1.54, 1.807) is 0 Å². The molecular formula is C9H5ClF5NO2. The Kier molecular flexibility index (Phi) is 4.10. The van der Waals surface area contributed by atoms with Crippen molar-refractivity contribution in [3.8, 4) is 0 Å². The van der Waals surface area contributed by atoms with Crippen LogP contribution in [0.15, 0.2) is 6.07 Å². The standard InChI is InChI=1S/C9H5ClF5NO2/c10-4-1-3(8(11)12)7(9(13,14)15)16-5(4)2-6(17)18/h1,8H,2H2,(H,17,18). The van der Waals surface area contributed by atoms with Crippen molar-refractivity contribution in [1.82, 2.24) is 4.98 Å². The molecular weight excluding hydrogens is 285 g/mol. The van der Waals surface area contributed by atoms with E-state index in [-0.39, 0.29) is 0 Å². The molecule has 0 fully saturated rings. The van der Waals surface area contributed by atoms with Gasteiger partial charge in [-0.1, -0.05) is 11.6 Å². The fourth-order valence-corrected chi connectivity index (χ4v) is 1.43. The monoisotopic (exact) mass is 289 g/mol. The maximum atomic E-state index is 12.5. The molecule has 1 heterocycles. The summed E-state index contributed by atoms with van der Waals surface area (Å²) in [5.41, 5.74) is -3.80. The number of rotatable bonds is 3. The van der Waals surface area contributed by atoms with Crippen LogP contribution in [0.25, 0.3) is 0 Å². The highest BCUT2D eigenvalue weighted by atomic mass is 35.5. The molecule has 9 heteroatoms. The second-order valence-corrected chi connectivity index (χ2v) is 3.63. The molecule has 1 aromatic rings. The van der Waals surface area contributed by atoms with E-state index >= 15 is 0 Å². The summed E-state index contributed by atoms with van der Waals surface area (Å²) < 4.78 is 62.2. The lowest BCUT2D eigenvalue weighted by Crippen LogP contribution is -2.15. The molecule has 0 amide bonds. The first kappa shape index (κ1) is 14.6. The van der Waals surface area contributed by atoms with Gasteiger partial charge in [0.25, 0.3) is 6.43 Å². The molecule has 1 aromatic heterocycles. The number of carboxylic acids is 1. The van der Waals surface area contributed by atoms with E-state index in [9.17, 15) is 26.7 Å². The number of aliphatic carboxylic acids is 1.